The molecular formula is C20H16FN5O3S. The lowest BCUT2D eigenvalue weighted by atomic mass is 10.1. The van der Waals surface area contributed by atoms with Crippen molar-refractivity contribution in [1.29, 1.82) is 5.26 Å². The van der Waals surface area contributed by atoms with E-state index < -0.39 is 20.7 Å². The molecule has 0 fully saturated rings. The Kier molecular flexibility index (Phi) is 5.75. The van der Waals surface area contributed by atoms with E-state index in [1.54, 1.807) is 37.4 Å². The number of amides is 1. The molecule has 1 aromatic carbocycles. The second-order valence-electron chi connectivity index (χ2n) is 6.33. The van der Waals surface area contributed by atoms with E-state index in [1.807, 2.05) is 0 Å². The van der Waals surface area contributed by atoms with Crippen LogP contribution < -0.4 is 10.0 Å². The predicted molar refractivity (Wildman–Crippen MR) is 108 cm³/mol. The van der Waals surface area contributed by atoms with Crippen LogP contribution in [0.5, 0.6) is 0 Å². The van der Waals surface area contributed by atoms with E-state index in [0.29, 0.717) is 22.6 Å². The summed E-state index contributed by atoms with van der Waals surface area (Å²) in [4.78, 5) is 18.9. The third-order valence-electron chi connectivity index (χ3n) is 4.08. The molecule has 0 aliphatic rings. The molecule has 152 valence electrons. The first kappa shape index (κ1) is 20.9. The summed E-state index contributed by atoms with van der Waals surface area (Å²) in [7, 11) is -4.26. The fraction of sp³-hybridized carbons (Fsp3) is 0.100. The standard InChI is InChI=1S/C20H16FN5O3S/c1-12-18(26-30(28,29)19-4-3-14(10-22)7-17(19)21)8-16(11-24-12)15-5-6-23-20(9-15)25-13(2)27/h3-9,11,26H,1-2H3,(H,23,25,27). The molecule has 0 radical (unpaired) electrons. The van der Waals surface area contributed by atoms with Gasteiger partial charge in [-0.2, -0.15) is 5.26 Å². The van der Waals surface area contributed by atoms with Crippen LogP contribution in [0.1, 0.15) is 18.2 Å². The Morgan fingerprint density at radius 2 is 1.90 bits per heavy atom. The molecule has 2 N–H and O–H groups in total. The predicted octanol–water partition coefficient (Wildman–Crippen LogP) is 3.22. The number of aryl methyl sites for hydroxylation is 1. The van der Waals surface area contributed by atoms with E-state index in [2.05, 4.69) is 20.0 Å². The molecule has 0 saturated heterocycles. The molecule has 0 bridgehead atoms. The number of carbonyl (C=O) groups excluding carboxylic acids is 1. The summed E-state index contributed by atoms with van der Waals surface area (Å²) in [6.45, 7) is 2.96. The molecule has 0 aliphatic heterocycles. The Labute approximate surface area is 172 Å². The van der Waals surface area contributed by atoms with E-state index in [1.165, 1.54) is 19.2 Å². The minimum atomic E-state index is -4.26. The highest BCUT2D eigenvalue weighted by Gasteiger charge is 2.21. The van der Waals surface area contributed by atoms with Crippen molar-refractivity contribution in [1.82, 2.24) is 9.97 Å². The van der Waals surface area contributed by atoms with Crippen LogP contribution in [0.4, 0.5) is 15.9 Å². The summed E-state index contributed by atoms with van der Waals surface area (Å²) in [5.74, 6) is -0.973. The second kappa shape index (κ2) is 8.26. The Balaban J connectivity index is 1.96. The first-order valence-corrected chi connectivity index (χ1v) is 10.1. The van der Waals surface area contributed by atoms with Crippen molar-refractivity contribution >= 4 is 27.4 Å². The second-order valence-corrected chi connectivity index (χ2v) is 7.98. The molecule has 3 aromatic rings. The summed E-state index contributed by atoms with van der Waals surface area (Å²) in [5, 5.41) is 11.4. The zero-order valence-electron chi connectivity index (χ0n) is 16.0. The molecule has 2 heterocycles. The normalized spacial score (nSPS) is 10.9. The number of benzene rings is 1. The molecule has 0 unspecified atom stereocenters. The molecule has 10 heteroatoms. The topological polar surface area (TPSA) is 125 Å². The number of pyridine rings is 2. The minimum absolute atomic E-state index is 0.0129. The van der Waals surface area contributed by atoms with Crippen LogP contribution in [0.3, 0.4) is 0 Å². The van der Waals surface area contributed by atoms with Gasteiger partial charge in [-0.05, 0) is 48.9 Å². The van der Waals surface area contributed by atoms with Gasteiger partial charge in [0.05, 0.1) is 23.0 Å². The first-order chi connectivity index (χ1) is 14.2. The number of halogens is 1. The SMILES string of the molecule is CC(=O)Nc1cc(-c2cnc(C)c(NS(=O)(=O)c3ccc(C#N)cc3F)c2)ccn1. The first-order valence-electron chi connectivity index (χ1n) is 8.63. The number of anilines is 2. The fourth-order valence-electron chi connectivity index (χ4n) is 2.64. The molecule has 0 saturated carbocycles. The maximum absolute atomic E-state index is 14.2. The monoisotopic (exact) mass is 425 g/mol. The number of nitriles is 1. The Hall–Kier alpha value is -3.84. The summed E-state index contributed by atoms with van der Waals surface area (Å²) >= 11 is 0. The van der Waals surface area contributed by atoms with Crippen molar-refractivity contribution in [2.24, 2.45) is 0 Å². The largest absolute Gasteiger partial charge is 0.311 e. The van der Waals surface area contributed by atoms with Gasteiger partial charge in [-0.15, -0.1) is 0 Å². The van der Waals surface area contributed by atoms with Crippen molar-refractivity contribution in [2.45, 2.75) is 18.7 Å². The van der Waals surface area contributed by atoms with Crippen LogP contribution in [0.2, 0.25) is 0 Å². The number of hydrogen-bond donors (Lipinski definition) is 2. The molecule has 3 rings (SSSR count). The molecular weight excluding hydrogens is 409 g/mol. The van der Waals surface area contributed by atoms with Crippen LogP contribution in [0.25, 0.3) is 11.1 Å². The van der Waals surface area contributed by atoms with E-state index in [4.69, 9.17) is 5.26 Å². The minimum Gasteiger partial charge on any atom is -0.311 e. The molecule has 8 nitrogen and oxygen atoms in total. The van der Waals surface area contributed by atoms with Gasteiger partial charge >= 0.3 is 0 Å². The average Bonchev–Trinajstić information content (AvgIpc) is 2.69. The number of nitrogens with one attached hydrogen (secondary N) is 2. The van der Waals surface area contributed by atoms with Crippen LogP contribution in [-0.2, 0) is 14.8 Å². The lowest BCUT2D eigenvalue weighted by Gasteiger charge is -2.13. The zero-order valence-corrected chi connectivity index (χ0v) is 16.8. The van der Waals surface area contributed by atoms with E-state index in [-0.39, 0.29) is 17.2 Å². The molecule has 30 heavy (non-hydrogen) atoms. The Morgan fingerprint density at radius 1 is 1.13 bits per heavy atom. The molecule has 1 amide bonds. The van der Waals surface area contributed by atoms with Gasteiger partial charge in [0.15, 0.2) is 0 Å². The van der Waals surface area contributed by atoms with E-state index >= 15 is 0 Å². The van der Waals surface area contributed by atoms with Gasteiger partial charge < -0.3 is 5.32 Å². The van der Waals surface area contributed by atoms with Gasteiger partial charge in [0, 0.05) is 24.9 Å². The fourth-order valence-corrected chi connectivity index (χ4v) is 3.81. The lowest BCUT2D eigenvalue weighted by molar-refractivity contribution is -0.114. The smallest absolute Gasteiger partial charge is 0.264 e. The van der Waals surface area contributed by atoms with Crippen LogP contribution in [-0.4, -0.2) is 24.3 Å². The van der Waals surface area contributed by atoms with Crippen LogP contribution in [0, 0.1) is 24.1 Å². The maximum Gasteiger partial charge on any atom is 0.264 e. The van der Waals surface area contributed by atoms with Crippen molar-refractivity contribution in [3.05, 3.63) is 65.9 Å². The Morgan fingerprint density at radius 3 is 2.57 bits per heavy atom. The third-order valence-corrected chi connectivity index (χ3v) is 5.48. The van der Waals surface area contributed by atoms with Gasteiger partial charge in [0.2, 0.25) is 5.91 Å². The van der Waals surface area contributed by atoms with Crippen LogP contribution in [0.15, 0.2) is 53.7 Å². The molecule has 2 aromatic heterocycles. The highest BCUT2D eigenvalue weighted by Crippen LogP contribution is 2.27. The van der Waals surface area contributed by atoms with Crippen molar-refractivity contribution in [2.75, 3.05) is 10.0 Å². The summed E-state index contributed by atoms with van der Waals surface area (Å²) in [5.41, 5.74) is 1.76. The summed E-state index contributed by atoms with van der Waals surface area (Å²) in [6, 6.07) is 9.71. The lowest BCUT2D eigenvalue weighted by Crippen LogP contribution is -2.16. The molecule has 0 aliphatic carbocycles. The van der Waals surface area contributed by atoms with E-state index in [9.17, 15) is 17.6 Å². The Bertz CT molecular complexity index is 1290. The molecule has 0 atom stereocenters. The van der Waals surface area contributed by atoms with Gasteiger partial charge in [-0.3, -0.25) is 14.5 Å². The maximum atomic E-state index is 14.2. The number of aromatic nitrogens is 2. The van der Waals surface area contributed by atoms with Crippen molar-refractivity contribution in [3.8, 4) is 17.2 Å². The average molecular weight is 425 g/mol. The van der Waals surface area contributed by atoms with Crippen LogP contribution >= 0.6 is 0 Å². The van der Waals surface area contributed by atoms with Gasteiger partial charge in [0.1, 0.15) is 16.5 Å². The number of carbonyl (C=O) groups is 1. The number of sulfonamides is 1. The number of nitrogens with zero attached hydrogens (tertiary/aromatic N) is 3. The number of hydrogen-bond acceptors (Lipinski definition) is 6. The summed E-state index contributed by atoms with van der Waals surface area (Å²) in [6.07, 6.45) is 3.04. The van der Waals surface area contributed by atoms with Crippen molar-refractivity contribution < 1.29 is 17.6 Å². The van der Waals surface area contributed by atoms with Gasteiger partial charge in [-0.1, -0.05) is 0 Å². The van der Waals surface area contributed by atoms with Gasteiger partial charge in [-0.25, -0.2) is 17.8 Å². The zero-order chi connectivity index (χ0) is 21.9. The van der Waals surface area contributed by atoms with E-state index in [0.717, 1.165) is 12.1 Å². The quantitative estimate of drug-likeness (QED) is 0.647. The van der Waals surface area contributed by atoms with Gasteiger partial charge in [0.25, 0.3) is 10.0 Å². The third kappa shape index (κ3) is 4.59. The highest BCUT2D eigenvalue weighted by atomic mass is 32.2. The summed E-state index contributed by atoms with van der Waals surface area (Å²) < 4.78 is 41.9. The highest BCUT2D eigenvalue weighted by molar-refractivity contribution is 7.92. The molecule has 0 spiro atoms. The van der Waals surface area contributed by atoms with Crippen molar-refractivity contribution in [3.63, 3.8) is 0 Å². The number of rotatable bonds is 5.